The summed E-state index contributed by atoms with van der Waals surface area (Å²) in [4.78, 5) is 0.287. The normalized spacial score (nSPS) is 12.8. The van der Waals surface area contributed by atoms with Crippen molar-refractivity contribution in [2.75, 3.05) is 12.4 Å². The molecule has 0 unspecified atom stereocenters. The molecule has 3 nitrogen and oxygen atoms in total. The second-order valence-corrected chi connectivity index (χ2v) is 7.09. The van der Waals surface area contributed by atoms with Gasteiger partial charge in [-0.1, -0.05) is 20.8 Å². The quantitative estimate of drug-likeness (QED) is 0.770. The first-order chi connectivity index (χ1) is 9.39. The lowest BCUT2D eigenvalue weighted by Gasteiger charge is -2.09. The van der Waals surface area contributed by atoms with Crippen molar-refractivity contribution in [1.82, 2.24) is 0 Å². The Morgan fingerprint density at radius 3 is 2.35 bits per heavy atom. The molecule has 1 aromatic rings. The van der Waals surface area contributed by atoms with E-state index in [2.05, 4.69) is 0 Å². The van der Waals surface area contributed by atoms with Gasteiger partial charge in [0.15, 0.2) is 9.84 Å². The number of rotatable bonds is 7. The monoisotopic (exact) mass is 300 g/mol. The molecule has 0 aliphatic heterocycles. The molecule has 0 fully saturated rings. The van der Waals surface area contributed by atoms with Gasteiger partial charge in [-0.3, -0.25) is 0 Å². The van der Waals surface area contributed by atoms with E-state index in [0.29, 0.717) is 24.1 Å². The Balaban J connectivity index is 2.74. The van der Waals surface area contributed by atoms with Crippen LogP contribution in [0.1, 0.15) is 27.2 Å². The van der Waals surface area contributed by atoms with Gasteiger partial charge in [0, 0.05) is 0 Å². The van der Waals surface area contributed by atoms with Crippen LogP contribution in [0.25, 0.3) is 0 Å². The number of sulfone groups is 1. The van der Waals surface area contributed by atoms with Crippen LogP contribution in [0, 0.1) is 5.92 Å². The molecule has 0 bridgehead atoms. The molecule has 0 saturated carbocycles. The molecule has 0 aliphatic rings. The molecule has 112 valence electrons. The fourth-order valence-corrected chi connectivity index (χ4v) is 3.29. The van der Waals surface area contributed by atoms with Gasteiger partial charge in [0.25, 0.3) is 0 Å². The molecule has 0 N–H and O–H groups in total. The molecule has 5 heteroatoms. The van der Waals surface area contributed by atoms with Gasteiger partial charge in [-0.2, -0.15) is 0 Å². The number of benzene rings is 1. The predicted octanol–water partition coefficient (Wildman–Crippen LogP) is 3.76. The highest BCUT2D eigenvalue weighted by atomic mass is 32.2. The SMILES string of the molecule is CC/C(=C/F)COc1ccc(S(=O)(=O)CC(C)C)cc1. The van der Waals surface area contributed by atoms with Crippen LogP contribution >= 0.6 is 0 Å². The summed E-state index contributed by atoms with van der Waals surface area (Å²) in [6.07, 6.45) is 1.12. The van der Waals surface area contributed by atoms with Crippen LogP contribution in [0.5, 0.6) is 5.75 Å². The molecule has 1 aromatic carbocycles. The van der Waals surface area contributed by atoms with E-state index in [0.717, 1.165) is 0 Å². The highest BCUT2D eigenvalue weighted by Gasteiger charge is 2.16. The largest absolute Gasteiger partial charge is 0.489 e. The summed E-state index contributed by atoms with van der Waals surface area (Å²) in [5.41, 5.74) is 0.557. The van der Waals surface area contributed by atoms with Crippen molar-refractivity contribution in [2.24, 2.45) is 5.92 Å². The van der Waals surface area contributed by atoms with Crippen molar-refractivity contribution in [3.63, 3.8) is 0 Å². The van der Waals surface area contributed by atoms with Crippen LogP contribution in [0.3, 0.4) is 0 Å². The van der Waals surface area contributed by atoms with Gasteiger partial charge in [-0.05, 0) is 42.2 Å². The van der Waals surface area contributed by atoms with Gasteiger partial charge in [0.2, 0.25) is 0 Å². The molecule has 0 aromatic heterocycles. The number of hydrogen-bond acceptors (Lipinski definition) is 3. The van der Waals surface area contributed by atoms with Crippen molar-refractivity contribution < 1.29 is 17.5 Å². The molecule has 0 saturated heterocycles. The molecule has 20 heavy (non-hydrogen) atoms. The van der Waals surface area contributed by atoms with E-state index in [1.807, 2.05) is 20.8 Å². The number of ether oxygens (including phenoxy) is 1. The molecule has 0 heterocycles. The zero-order valence-electron chi connectivity index (χ0n) is 12.1. The molecule has 0 amide bonds. The first kappa shape index (κ1) is 16.7. The maximum atomic E-state index is 12.4. The zero-order valence-corrected chi connectivity index (χ0v) is 12.9. The Hall–Kier alpha value is -1.36. The summed E-state index contributed by atoms with van der Waals surface area (Å²) in [7, 11) is -3.24. The summed E-state index contributed by atoms with van der Waals surface area (Å²) < 4.78 is 41.8. The van der Waals surface area contributed by atoms with Gasteiger partial charge in [0.1, 0.15) is 12.4 Å². The van der Waals surface area contributed by atoms with Crippen molar-refractivity contribution in [1.29, 1.82) is 0 Å². The van der Waals surface area contributed by atoms with Crippen molar-refractivity contribution >= 4 is 9.84 Å². The highest BCUT2D eigenvalue weighted by molar-refractivity contribution is 7.91. The summed E-state index contributed by atoms with van der Waals surface area (Å²) in [6, 6.07) is 6.24. The summed E-state index contributed by atoms with van der Waals surface area (Å²) in [5, 5.41) is 0. The lowest BCUT2D eigenvalue weighted by atomic mass is 10.2. The van der Waals surface area contributed by atoms with Crippen molar-refractivity contribution in [3.8, 4) is 5.75 Å². The maximum absolute atomic E-state index is 12.4. The van der Waals surface area contributed by atoms with Gasteiger partial charge in [0.05, 0.1) is 17.0 Å². The van der Waals surface area contributed by atoms with Crippen LogP contribution in [-0.4, -0.2) is 20.8 Å². The molecule has 1 rings (SSSR count). The average molecular weight is 300 g/mol. The lowest BCUT2D eigenvalue weighted by Crippen LogP contribution is -2.11. The predicted molar refractivity (Wildman–Crippen MR) is 78.3 cm³/mol. The van der Waals surface area contributed by atoms with E-state index in [9.17, 15) is 12.8 Å². The van der Waals surface area contributed by atoms with Crippen molar-refractivity contribution in [2.45, 2.75) is 32.1 Å². The molecule has 0 atom stereocenters. The van der Waals surface area contributed by atoms with Crippen LogP contribution in [0.15, 0.2) is 41.1 Å². The van der Waals surface area contributed by atoms with E-state index in [1.165, 1.54) is 12.1 Å². The summed E-state index contributed by atoms with van der Waals surface area (Å²) in [5.74, 6) is 0.733. The third-order valence-corrected chi connectivity index (χ3v) is 4.86. The smallest absolute Gasteiger partial charge is 0.178 e. The zero-order chi connectivity index (χ0) is 15.2. The minimum atomic E-state index is -3.24. The van der Waals surface area contributed by atoms with Gasteiger partial charge in [-0.15, -0.1) is 0 Å². The Morgan fingerprint density at radius 2 is 1.90 bits per heavy atom. The Labute approximate surface area is 120 Å². The van der Waals surface area contributed by atoms with E-state index in [1.54, 1.807) is 12.1 Å². The van der Waals surface area contributed by atoms with Gasteiger partial charge < -0.3 is 4.74 Å². The van der Waals surface area contributed by atoms with Gasteiger partial charge >= 0.3 is 0 Å². The second-order valence-electron chi connectivity index (χ2n) is 5.06. The first-order valence-corrected chi connectivity index (χ1v) is 8.28. The van der Waals surface area contributed by atoms with E-state index >= 15 is 0 Å². The standard InChI is InChI=1S/C15H21FO3S/c1-4-13(9-16)10-19-14-5-7-15(8-6-14)20(17,18)11-12(2)3/h5-9,12H,4,10-11H2,1-3H3/b13-9-. The third-order valence-electron chi connectivity index (χ3n) is 2.77. The topological polar surface area (TPSA) is 43.4 Å². The maximum Gasteiger partial charge on any atom is 0.178 e. The average Bonchev–Trinajstić information content (AvgIpc) is 2.39. The van der Waals surface area contributed by atoms with Crippen LogP contribution in [-0.2, 0) is 9.84 Å². The molecule has 0 aliphatic carbocycles. The second kappa shape index (κ2) is 7.43. The summed E-state index contributed by atoms with van der Waals surface area (Å²) >= 11 is 0. The van der Waals surface area contributed by atoms with Crippen molar-refractivity contribution in [3.05, 3.63) is 36.2 Å². The Morgan fingerprint density at radius 1 is 1.30 bits per heavy atom. The van der Waals surface area contributed by atoms with E-state index in [-0.39, 0.29) is 23.2 Å². The van der Waals surface area contributed by atoms with Crippen LogP contribution in [0.4, 0.5) is 4.39 Å². The van der Waals surface area contributed by atoms with Crippen LogP contribution in [0.2, 0.25) is 0 Å². The highest BCUT2D eigenvalue weighted by Crippen LogP contribution is 2.19. The number of hydrogen-bond donors (Lipinski definition) is 0. The Bertz CT molecular complexity index is 545. The fraction of sp³-hybridized carbons (Fsp3) is 0.467. The minimum absolute atomic E-state index is 0.0812. The van der Waals surface area contributed by atoms with Crippen LogP contribution < -0.4 is 4.74 Å². The molecule has 0 spiro atoms. The molecular weight excluding hydrogens is 279 g/mol. The van der Waals surface area contributed by atoms with Gasteiger partial charge in [-0.25, -0.2) is 12.8 Å². The van der Waals surface area contributed by atoms with E-state index in [4.69, 9.17) is 4.74 Å². The minimum Gasteiger partial charge on any atom is -0.489 e. The van der Waals surface area contributed by atoms with E-state index < -0.39 is 9.84 Å². The first-order valence-electron chi connectivity index (χ1n) is 6.62. The molecular formula is C15H21FO3S. The lowest BCUT2D eigenvalue weighted by molar-refractivity contribution is 0.345. The Kier molecular flexibility index (Phi) is 6.20. The molecule has 0 radical (unpaired) electrons. The number of halogens is 1. The fourth-order valence-electron chi connectivity index (χ4n) is 1.67. The summed E-state index contributed by atoms with van der Waals surface area (Å²) in [6.45, 7) is 5.75. The third kappa shape index (κ3) is 4.96.